The van der Waals surface area contributed by atoms with Crippen molar-refractivity contribution in [1.82, 2.24) is 10.6 Å². The number of carboxylic acids is 1. The molecule has 6 nitrogen and oxygen atoms in total. The second-order valence-electron chi connectivity index (χ2n) is 7.61. The van der Waals surface area contributed by atoms with Crippen LogP contribution in [0.15, 0.2) is 60.7 Å². The van der Waals surface area contributed by atoms with Gasteiger partial charge in [0.2, 0.25) is 0 Å². The Hall–Kier alpha value is -3.02. The molecule has 0 bridgehead atoms. The monoisotopic (exact) mass is 395 g/mol. The number of nitrogens with zero attached hydrogens (tertiary/aromatic N) is 1. The Balaban J connectivity index is 1.46. The van der Waals surface area contributed by atoms with Crippen molar-refractivity contribution < 1.29 is 14.7 Å². The number of rotatable bonds is 9. The summed E-state index contributed by atoms with van der Waals surface area (Å²) in [5.41, 5.74) is 2.30. The number of hydrogen-bond acceptors (Lipinski definition) is 3. The molecule has 1 heterocycles. The molecule has 2 amide bonds. The molecule has 1 aliphatic heterocycles. The Kier molecular flexibility index (Phi) is 7.50. The largest absolute Gasteiger partial charge is 0.481 e. The van der Waals surface area contributed by atoms with Crippen LogP contribution < -0.4 is 15.5 Å². The van der Waals surface area contributed by atoms with Crippen molar-refractivity contribution in [3.05, 3.63) is 66.2 Å². The minimum Gasteiger partial charge on any atom is -0.481 e. The van der Waals surface area contributed by atoms with Gasteiger partial charge in [-0.05, 0) is 42.9 Å². The molecule has 0 aromatic heterocycles. The maximum absolute atomic E-state index is 12.4. The van der Waals surface area contributed by atoms with E-state index in [1.807, 2.05) is 48.5 Å². The van der Waals surface area contributed by atoms with Gasteiger partial charge in [0.25, 0.3) is 0 Å². The van der Waals surface area contributed by atoms with Crippen LogP contribution in [0.25, 0.3) is 0 Å². The maximum Gasteiger partial charge on any atom is 0.315 e. The van der Waals surface area contributed by atoms with Gasteiger partial charge in [-0.3, -0.25) is 4.79 Å². The number of urea groups is 1. The smallest absolute Gasteiger partial charge is 0.315 e. The predicted octanol–water partition coefficient (Wildman–Crippen LogP) is 3.29. The summed E-state index contributed by atoms with van der Waals surface area (Å²) in [7, 11) is 0. The van der Waals surface area contributed by atoms with Gasteiger partial charge in [0.15, 0.2) is 0 Å². The summed E-state index contributed by atoms with van der Waals surface area (Å²) in [6.45, 7) is 2.54. The summed E-state index contributed by atoms with van der Waals surface area (Å²) in [4.78, 5) is 25.7. The molecule has 154 valence electrons. The number of carboxylic acid groups (broad SMARTS) is 1. The summed E-state index contributed by atoms with van der Waals surface area (Å²) in [6, 6.07) is 19.7. The number of benzene rings is 2. The third kappa shape index (κ3) is 6.82. The van der Waals surface area contributed by atoms with Crippen LogP contribution >= 0.6 is 0 Å². The van der Waals surface area contributed by atoms with E-state index < -0.39 is 5.97 Å². The van der Waals surface area contributed by atoms with Crippen LogP contribution in [0.2, 0.25) is 0 Å². The van der Waals surface area contributed by atoms with Gasteiger partial charge in [-0.1, -0.05) is 48.5 Å². The lowest BCUT2D eigenvalue weighted by Gasteiger charge is -2.20. The van der Waals surface area contributed by atoms with E-state index in [0.717, 1.165) is 25.1 Å². The molecule has 0 saturated carbocycles. The van der Waals surface area contributed by atoms with Crippen molar-refractivity contribution in [2.75, 3.05) is 24.5 Å². The molecule has 0 radical (unpaired) electrons. The molecule has 1 saturated heterocycles. The summed E-state index contributed by atoms with van der Waals surface area (Å²) in [6.07, 6.45) is 2.10. The van der Waals surface area contributed by atoms with Gasteiger partial charge in [-0.2, -0.15) is 0 Å². The SMILES string of the molecule is O=C(O)CCC(Cc1ccccc1)NC(=O)NCC1CCN(c2ccccc2)C1. The molecule has 0 aliphatic carbocycles. The second kappa shape index (κ2) is 10.5. The number of nitrogens with one attached hydrogen (secondary N) is 2. The van der Waals surface area contributed by atoms with Gasteiger partial charge in [-0.15, -0.1) is 0 Å². The van der Waals surface area contributed by atoms with Crippen LogP contribution in [0.1, 0.15) is 24.8 Å². The first kappa shape index (κ1) is 20.7. The first-order valence-corrected chi connectivity index (χ1v) is 10.2. The Morgan fingerprint density at radius 1 is 1.07 bits per heavy atom. The van der Waals surface area contributed by atoms with Crippen LogP contribution in [0.3, 0.4) is 0 Å². The van der Waals surface area contributed by atoms with Crippen molar-refractivity contribution >= 4 is 17.7 Å². The number of para-hydroxylation sites is 1. The summed E-state index contributed by atoms with van der Waals surface area (Å²) in [5.74, 6) is -0.440. The number of carbonyl (C=O) groups excluding carboxylic acids is 1. The molecule has 3 N–H and O–H groups in total. The van der Waals surface area contributed by atoms with E-state index in [4.69, 9.17) is 5.11 Å². The van der Waals surface area contributed by atoms with Crippen LogP contribution in [0, 0.1) is 5.92 Å². The number of amides is 2. The minimum absolute atomic E-state index is 0.0342. The van der Waals surface area contributed by atoms with Gasteiger partial charge in [0.1, 0.15) is 0 Å². The normalized spacial score (nSPS) is 17.0. The topological polar surface area (TPSA) is 81.7 Å². The van der Waals surface area contributed by atoms with Gasteiger partial charge >= 0.3 is 12.0 Å². The number of aliphatic carboxylic acids is 1. The highest BCUT2D eigenvalue weighted by molar-refractivity contribution is 5.74. The van der Waals surface area contributed by atoms with Gasteiger partial charge < -0.3 is 20.6 Å². The minimum atomic E-state index is -0.850. The highest BCUT2D eigenvalue weighted by Crippen LogP contribution is 2.22. The molecular weight excluding hydrogens is 366 g/mol. The molecular formula is C23H29N3O3. The molecule has 2 atom stereocenters. The lowest BCUT2D eigenvalue weighted by atomic mass is 10.0. The van der Waals surface area contributed by atoms with E-state index in [9.17, 15) is 9.59 Å². The number of anilines is 1. The van der Waals surface area contributed by atoms with Crippen LogP contribution in [-0.4, -0.2) is 42.8 Å². The van der Waals surface area contributed by atoms with Crippen molar-refractivity contribution in [2.24, 2.45) is 5.92 Å². The fourth-order valence-electron chi connectivity index (χ4n) is 3.77. The van der Waals surface area contributed by atoms with Crippen molar-refractivity contribution in [3.63, 3.8) is 0 Å². The standard InChI is InChI=1S/C23H29N3O3/c27-22(28)12-11-20(15-18-7-3-1-4-8-18)25-23(29)24-16-19-13-14-26(17-19)21-9-5-2-6-10-21/h1-10,19-20H,11-17H2,(H,27,28)(H2,24,25,29). The van der Waals surface area contributed by atoms with Gasteiger partial charge in [0, 0.05) is 37.8 Å². The third-order valence-corrected chi connectivity index (χ3v) is 5.33. The molecule has 2 unspecified atom stereocenters. The van der Waals surface area contributed by atoms with Gasteiger partial charge in [0.05, 0.1) is 0 Å². The third-order valence-electron chi connectivity index (χ3n) is 5.33. The molecule has 0 spiro atoms. The van der Waals surface area contributed by atoms with E-state index >= 15 is 0 Å². The van der Waals surface area contributed by atoms with Gasteiger partial charge in [-0.25, -0.2) is 4.79 Å². The fourth-order valence-corrected chi connectivity index (χ4v) is 3.77. The molecule has 29 heavy (non-hydrogen) atoms. The molecule has 2 aromatic carbocycles. The van der Waals surface area contributed by atoms with Crippen molar-refractivity contribution in [3.8, 4) is 0 Å². The van der Waals surface area contributed by atoms with Crippen LogP contribution in [-0.2, 0) is 11.2 Å². The van der Waals surface area contributed by atoms with Crippen LogP contribution in [0.5, 0.6) is 0 Å². The van der Waals surface area contributed by atoms with E-state index in [1.54, 1.807) is 0 Å². The zero-order valence-electron chi connectivity index (χ0n) is 16.6. The zero-order valence-corrected chi connectivity index (χ0v) is 16.6. The molecule has 3 rings (SSSR count). The Bertz CT molecular complexity index is 782. The zero-order chi connectivity index (χ0) is 20.5. The Morgan fingerprint density at radius 2 is 1.76 bits per heavy atom. The summed E-state index contributed by atoms with van der Waals surface area (Å²) in [5, 5.41) is 14.9. The Morgan fingerprint density at radius 3 is 2.45 bits per heavy atom. The first-order chi connectivity index (χ1) is 14.1. The number of carbonyl (C=O) groups is 2. The quantitative estimate of drug-likeness (QED) is 0.609. The van der Waals surface area contributed by atoms with E-state index in [0.29, 0.717) is 25.3 Å². The fraction of sp³-hybridized carbons (Fsp3) is 0.391. The molecule has 2 aromatic rings. The number of hydrogen-bond donors (Lipinski definition) is 3. The maximum atomic E-state index is 12.4. The lowest BCUT2D eigenvalue weighted by Crippen LogP contribution is -2.45. The molecule has 6 heteroatoms. The average molecular weight is 396 g/mol. The summed E-state index contributed by atoms with van der Waals surface area (Å²) >= 11 is 0. The highest BCUT2D eigenvalue weighted by atomic mass is 16.4. The summed E-state index contributed by atoms with van der Waals surface area (Å²) < 4.78 is 0. The lowest BCUT2D eigenvalue weighted by molar-refractivity contribution is -0.137. The predicted molar refractivity (Wildman–Crippen MR) is 114 cm³/mol. The molecule has 1 fully saturated rings. The first-order valence-electron chi connectivity index (χ1n) is 10.2. The van der Waals surface area contributed by atoms with E-state index in [2.05, 4.69) is 27.7 Å². The van der Waals surface area contributed by atoms with E-state index in [-0.39, 0.29) is 18.5 Å². The van der Waals surface area contributed by atoms with Crippen molar-refractivity contribution in [2.45, 2.75) is 31.7 Å². The van der Waals surface area contributed by atoms with Crippen LogP contribution in [0.4, 0.5) is 10.5 Å². The van der Waals surface area contributed by atoms with Crippen molar-refractivity contribution in [1.29, 1.82) is 0 Å². The Labute approximate surface area is 171 Å². The van der Waals surface area contributed by atoms with E-state index in [1.165, 1.54) is 5.69 Å². The molecule has 1 aliphatic rings. The average Bonchev–Trinajstić information content (AvgIpc) is 3.21. The highest BCUT2D eigenvalue weighted by Gasteiger charge is 2.23. The second-order valence-corrected chi connectivity index (χ2v) is 7.61.